The number of ether oxygens (including phenoxy) is 1. The fourth-order valence-electron chi connectivity index (χ4n) is 2.60. The Kier molecular flexibility index (Phi) is 6.47. The predicted molar refractivity (Wildman–Crippen MR) is 83.5 cm³/mol. The van der Waals surface area contributed by atoms with Gasteiger partial charge in [-0.3, -0.25) is 4.79 Å². The van der Waals surface area contributed by atoms with Crippen LogP contribution < -0.4 is 15.4 Å². The number of carbonyl (C=O) groups is 1. The van der Waals surface area contributed by atoms with E-state index >= 15 is 0 Å². The lowest BCUT2D eigenvalue weighted by atomic mass is 9.90. The summed E-state index contributed by atoms with van der Waals surface area (Å²) in [5.74, 6) is 1.77. The number of anilines is 1. The van der Waals surface area contributed by atoms with Crippen LogP contribution in [-0.2, 0) is 4.79 Å². The molecule has 5 nitrogen and oxygen atoms in total. The number of rotatable bonds is 7. The molecule has 0 bridgehead atoms. The van der Waals surface area contributed by atoms with Crippen LogP contribution in [-0.4, -0.2) is 31.1 Å². The topological polar surface area (TPSA) is 63.2 Å². The van der Waals surface area contributed by atoms with Crippen molar-refractivity contribution >= 4 is 11.7 Å². The van der Waals surface area contributed by atoms with Crippen LogP contribution in [0.2, 0.25) is 0 Å². The molecule has 21 heavy (non-hydrogen) atoms. The average Bonchev–Trinajstić information content (AvgIpc) is 2.53. The van der Waals surface area contributed by atoms with E-state index < -0.39 is 0 Å². The molecule has 0 unspecified atom stereocenters. The number of nitrogens with zero attached hydrogens (tertiary/aromatic N) is 1. The van der Waals surface area contributed by atoms with Crippen LogP contribution in [0.15, 0.2) is 18.3 Å². The molecule has 0 saturated heterocycles. The van der Waals surface area contributed by atoms with Crippen molar-refractivity contribution in [2.45, 2.75) is 38.5 Å². The zero-order valence-corrected chi connectivity index (χ0v) is 12.7. The highest BCUT2D eigenvalue weighted by molar-refractivity contribution is 5.91. The molecular weight excluding hydrogens is 266 g/mol. The maximum absolute atomic E-state index is 11.8. The molecule has 2 rings (SSSR count). The number of hydrogen-bond acceptors (Lipinski definition) is 4. The molecule has 0 radical (unpaired) electrons. The lowest BCUT2D eigenvalue weighted by Crippen LogP contribution is -2.20. The van der Waals surface area contributed by atoms with E-state index in [1.165, 1.54) is 32.1 Å². The molecule has 0 atom stereocenters. The standard InChI is InChI=1S/C16H25N3O2/c1-17-11-9-15(20)19-16-14(8-5-10-18-16)21-12-13-6-3-2-4-7-13/h5,8,10,13,17H,2-4,6-7,9,11-12H2,1H3,(H,18,19,20). The van der Waals surface area contributed by atoms with E-state index in [2.05, 4.69) is 15.6 Å². The first-order valence-corrected chi connectivity index (χ1v) is 7.82. The minimum absolute atomic E-state index is 0.0504. The molecule has 1 aromatic rings. The Hall–Kier alpha value is -1.62. The second-order valence-electron chi connectivity index (χ2n) is 5.57. The minimum Gasteiger partial charge on any atom is -0.489 e. The summed E-state index contributed by atoms with van der Waals surface area (Å²) in [7, 11) is 1.83. The molecule has 0 aliphatic heterocycles. The Morgan fingerprint density at radius 3 is 2.95 bits per heavy atom. The van der Waals surface area contributed by atoms with Gasteiger partial charge in [-0.2, -0.15) is 0 Å². The number of aromatic nitrogens is 1. The highest BCUT2D eigenvalue weighted by atomic mass is 16.5. The summed E-state index contributed by atoms with van der Waals surface area (Å²) < 4.78 is 5.89. The van der Waals surface area contributed by atoms with Crippen molar-refractivity contribution in [1.29, 1.82) is 0 Å². The quantitative estimate of drug-likeness (QED) is 0.810. The Morgan fingerprint density at radius 1 is 1.38 bits per heavy atom. The molecule has 116 valence electrons. The lowest BCUT2D eigenvalue weighted by molar-refractivity contribution is -0.116. The van der Waals surface area contributed by atoms with Gasteiger partial charge in [0.2, 0.25) is 5.91 Å². The van der Waals surface area contributed by atoms with Crippen molar-refractivity contribution in [2.24, 2.45) is 5.92 Å². The highest BCUT2D eigenvalue weighted by Crippen LogP contribution is 2.26. The summed E-state index contributed by atoms with van der Waals surface area (Å²) in [6.07, 6.45) is 8.52. The van der Waals surface area contributed by atoms with Crippen molar-refractivity contribution in [3.05, 3.63) is 18.3 Å². The molecule has 1 aliphatic carbocycles. The van der Waals surface area contributed by atoms with Crippen molar-refractivity contribution in [3.63, 3.8) is 0 Å². The molecule has 1 heterocycles. The van der Waals surface area contributed by atoms with Crippen LogP contribution in [0.3, 0.4) is 0 Å². The van der Waals surface area contributed by atoms with Gasteiger partial charge in [-0.1, -0.05) is 19.3 Å². The largest absolute Gasteiger partial charge is 0.489 e. The van der Waals surface area contributed by atoms with E-state index in [0.29, 0.717) is 37.1 Å². The van der Waals surface area contributed by atoms with E-state index in [0.717, 1.165) is 0 Å². The summed E-state index contributed by atoms with van der Waals surface area (Å²) in [5, 5.41) is 5.77. The monoisotopic (exact) mass is 291 g/mol. The first-order valence-electron chi connectivity index (χ1n) is 7.82. The first kappa shape index (κ1) is 15.8. The van der Waals surface area contributed by atoms with Gasteiger partial charge in [0.25, 0.3) is 0 Å². The van der Waals surface area contributed by atoms with Crippen LogP contribution in [0, 0.1) is 5.92 Å². The Labute approximate surface area is 126 Å². The maximum atomic E-state index is 11.8. The van der Waals surface area contributed by atoms with Gasteiger partial charge < -0.3 is 15.4 Å². The fraction of sp³-hybridized carbons (Fsp3) is 0.625. The van der Waals surface area contributed by atoms with Crippen LogP contribution in [0.4, 0.5) is 5.82 Å². The molecule has 0 aromatic carbocycles. The van der Waals surface area contributed by atoms with E-state index in [1.807, 2.05) is 19.2 Å². The molecular formula is C16H25N3O2. The normalized spacial score (nSPS) is 15.7. The first-order chi connectivity index (χ1) is 10.3. The molecule has 1 amide bonds. The third kappa shape index (κ3) is 5.34. The number of amides is 1. The van der Waals surface area contributed by atoms with Gasteiger partial charge in [-0.25, -0.2) is 4.98 Å². The van der Waals surface area contributed by atoms with Crippen LogP contribution in [0.1, 0.15) is 38.5 Å². The number of pyridine rings is 1. The van der Waals surface area contributed by atoms with Gasteiger partial charge in [-0.15, -0.1) is 0 Å². The van der Waals surface area contributed by atoms with E-state index in [4.69, 9.17) is 4.74 Å². The third-order valence-corrected chi connectivity index (χ3v) is 3.83. The molecule has 1 saturated carbocycles. The second kappa shape index (κ2) is 8.62. The molecule has 1 fully saturated rings. The van der Waals surface area contributed by atoms with Crippen molar-refractivity contribution in [2.75, 3.05) is 25.5 Å². The molecule has 1 aliphatic rings. The van der Waals surface area contributed by atoms with Crippen molar-refractivity contribution < 1.29 is 9.53 Å². The van der Waals surface area contributed by atoms with Crippen LogP contribution >= 0.6 is 0 Å². The summed E-state index contributed by atoms with van der Waals surface area (Å²) in [6, 6.07) is 3.70. The maximum Gasteiger partial charge on any atom is 0.226 e. The lowest BCUT2D eigenvalue weighted by Gasteiger charge is -2.22. The smallest absolute Gasteiger partial charge is 0.226 e. The number of nitrogens with one attached hydrogen (secondary N) is 2. The SMILES string of the molecule is CNCCC(=O)Nc1ncccc1OCC1CCCCC1. The Bertz CT molecular complexity index is 445. The molecule has 0 spiro atoms. The number of carbonyl (C=O) groups excluding carboxylic acids is 1. The average molecular weight is 291 g/mol. The van der Waals surface area contributed by atoms with Crippen LogP contribution in [0.5, 0.6) is 5.75 Å². The third-order valence-electron chi connectivity index (χ3n) is 3.83. The van der Waals surface area contributed by atoms with Gasteiger partial charge in [0.15, 0.2) is 11.6 Å². The van der Waals surface area contributed by atoms with Gasteiger partial charge in [-0.05, 0) is 37.9 Å². The molecule has 1 aromatic heterocycles. The van der Waals surface area contributed by atoms with E-state index in [9.17, 15) is 4.79 Å². The summed E-state index contributed by atoms with van der Waals surface area (Å²) in [5.41, 5.74) is 0. The molecule has 2 N–H and O–H groups in total. The van der Waals surface area contributed by atoms with E-state index in [-0.39, 0.29) is 5.91 Å². The fourth-order valence-corrected chi connectivity index (χ4v) is 2.60. The molecule has 5 heteroatoms. The number of hydrogen-bond donors (Lipinski definition) is 2. The van der Waals surface area contributed by atoms with Gasteiger partial charge in [0, 0.05) is 19.2 Å². The minimum atomic E-state index is -0.0504. The van der Waals surface area contributed by atoms with E-state index in [1.54, 1.807) is 6.20 Å². The summed E-state index contributed by atoms with van der Waals surface area (Å²) >= 11 is 0. The summed E-state index contributed by atoms with van der Waals surface area (Å²) in [4.78, 5) is 16.0. The van der Waals surface area contributed by atoms with Gasteiger partial charge in [0.05, 0.1) is 6.61 Å². The van der Waals surface area contributed by atoms with Crippen LogP contribution in [0.25, 0.3) is 0 Å². The van der Waals surface area contributed by atoms with Gasteiger partial charge >= 0.3 is 0 Å². The summed E-state index contributed by atoms with van der Waals surface area (Å²) in [6.45, 7) is 1.36. The Morgan fingerprint density at radius 2 is 2.19 bits per heavy atom. The zero-order valence-electron chi connectivity index (χ0n) is 12.7. The predicted octanol–water partition coefficient (Wildman–Crippen LogP) is 2.59. The van der Waals surface area contributed by atoms with Gasteiger partial charge in [0.1, 0.15) is 0 Å². The highest BCUT2D eigenvalue weighted by Gasteiger charge is 2.15. The zero-order chi connectivity index (χ0) is 14.9. The van der Waals surface area contributed by atoms with Crippen molar-refractivity contribution in [3.8, 4) is 5.75 Å². The van der Waals surface area contributed by atoms with Crippen molar-refractivity contribution in [1.82, 2.24) is 10.3 Å². The second-order valence-corrected chi connectivity index (χ2v) is 5.57. The Balaban J connectivity index is 1.88.